The molecule has 4 heteroatoms. The first-order valence-corrected chi connectivity index (χ1v) is 6.89. The van der Waals surface area contributed by atoms with E-state index in [1.807, 2.05) is 36.2 Å². The van der Waals surface area contributed by atoms with Gasteiger partial charge in [0, 0.05) is 17.2 Å². The van der Waals surface area contributed by atoms with Crippen molar-refractivity contribution in [2.45, 2.75) is 6.42 Å². The van der Waals surface area contributed by atoms with Gasteiger partial charge < -0.3 is 10.6 Å². The molecule has 0 bridgehead atoms. The summed E-state index contributed by atoms with van der Waals surface area (Å²) in [5, 5.41) is 0. The van der Waals surface area contributed by atoms with Gasteiger partial charge in [-0.25, -0.2) is 4.39 Å². The molecule has 0 aromatic heterocycles. The molecule has 0 fully saturated rings. The van der Waals surface area contributed by atoms with E-state index in [4.69, 9.17) is 5.73 Å². The fourth-order valence-corrected chi connectivity index (χ4v) is 2.53. The Balaban J connectivity index is 2.32. The Kier molecular flexibility index (Phi) is 4.56. The zero-order valence-electron chi connectivity index (χ0n) is 10.7. The third-order valence-corrected chi connectivity index (χ3v) is 3.79. The number of benzene rings is 2. The maximum Gasteiger partial charge on any atom is 0.146 e. The summed E-state index contributed by atoms with van der Waals surface area (Å²) in [6, 6.07) is 12.7. The van der Waals surface area contributed by atoms with Crippen molar-refractivity contribution in [3.63, 3.8) is 0 Å². The topological polar surface area (TPSA) is 29.3 Å². The Hall–Kier alpha value is -1.39. The monoisotopic (exact) mass is 322 g/mol. The van der Waals surface area contributed by atoms with Crippen LogP contribution >= 0.6 is 15.9 Å². The summed E-state index contributed by atoms with van der Waals surface area (Å²) in [5.41, 5.74) is 8.20. The Labute approximate surface area is 121 Å². The van der Waals surface area contributed by atoms with Crippen LogP contribution in [0.2, 0.25) is 0 Å². The van der Waals surface area contributed by atoms with Crippen LogP contribution in [0.25, 0.3) is 0 Å². The van der Waals surface area contributed by atoms with Gasteiger partial charge in [-0.05, 0) is 42.8 Å². The van der Waals surface area contributed by atoms with Gasteiger partial charge in [-0.1, -0.05) is 34.1 Å². The van der Waals surface area contributed by atoms with Gasteiger partial charge >= 0.3 is 0 Å². The van der Waals surface area contributed by atoms with Crippen LogP contribution in [-0.4, -0.2) is 13.6 Å². The summed E-state index contributed by atoms with van der Waals surface area (Å²) in [7, 11) is 1.85. The van der Waals surface area contributed by atoms with E-state index in [1.54, 1.807) is 12.1 Å². The molecule has 0 atom stereocenters. The van der Waals surface area contributed by atoms with E-state index in [9.17, 15) is 4.39 Å². The first kappa shape index (κ1) is 14.0. The van der Waals surface area contributed by atoms with Crippen LogP contribution < -0.4 is 10.6 Å². The first-order chi connectivity index (χ1) is 9.13. The van der Waals surface area contributed by atoms with E-state index < -0.39 is 0 Å². The van der Waals surface area contributed by atoms with Gasteiger partial charge in [0.1, 0.15) is 5.82 Å². The number of nitrogens with two attached hydrogens (primary N) is 1. The average Bonchev–Trinajstić information content (AvgIpc) is 2.41. The molecule has 100 valence electrons. The van der Waals surface area contributed by atoms with Crippen LogP contribution in [0, 0.1) is 5.82 Å². The molecular weight excluding hydrogens is 307 g/mol. The number of anilines is 2. The van der Waals surface area contributed by atoms with E-state index >= 15 is 0 Å². The quantitative estimate of drug-likeness (QED) is 0.926. The minimum absolute atomic E-state index is 0.229. The smallest absolute Gasteiger partial charge is 0.146 e. The molecule has 0 aliphatic heterocycles. The van der Waals surface area contributed by atoms with E-state index in [-0.39, 0.29) is 5.82 Å². The summed E-state index contributed by atoms with van der Waals surface area (Å²) in [5.74, 6) is -0.229. The lowest BCUT2D eigenvalue weighted by atomic mass is 10.1. The van der Waals surface area contributed by atoms with Crippen molar-refractivity contribution < 1.29 is 4.39 Å². The largest absolute Gasteiger partial charge is 0.342 e. The second kappa shape index (κ2) is 6.17. The van der Waals surface area contributed by atoms with E-state index in [0.29, 0.717) is 12.2 Å². The summed E-state index contributed by atoms with van der Waals surface area (Å²) in [4.78, 5) is 1.83. The summed E-state index contributed by atoms with van der Waals surface area (Å²) in [6.45, 7) is 0.612. The second-order valence-corrected chi connectivity index (χ2v) is 5.18. The number of para-hydroxylation sites is 1. The minimum atomic E-state index is -0.229. The third-order valence-electron chi connectivity index (χ3n) is 3.05. The molecule has 0 saturated heterocycles. The lowest BCUT2D eigenvalue weighted by molar-refractivity contribution is 0.627. The molecule has 0 radical (unpaired) electrons. The Morgan fingerprint density at radius 2 is 1.95 bits per heavy atom. The number of hydrogen-bond donors (Lipinski definition) is 1. The zero-order chi connectivity index (χ0) is 13.8. The maximum atomic E-state index is 13.8. The van der Waals surface area contributed by atoms with Gasteiger partial charge in [0.15, 0.2) is 0 Å². The fraction of sp³-hybridized carbons (Fsp3) is 0.200. The van der Waals surface area contributed by atoms with Crippen LogP contribution in [0.5, 0.6) is 0 Å². The van der Waals surface area contributed by atoms with Crippen LogP contribution in [0.3, 0.4) is 0 Å². The standard InChI is InChI=1S/C15H16BrFN2/c1-19(15-5-3-2-4-14(15)17)12-7-6-11(8-9-18)13(16)10-12/h2-7,10H,8-9,18H2,1H3. The van der Waals surface area contributed by atoms with Crippen LogP contribution in [0.15, 0.2) is 46.9 Å². The molecule has 19 heavy (non-hydrogen) atoms. The molecule has 0 spiro atoms. The summed E-state index contributed by atoms with van der Waals surface area (Å²) >= 11 is 3.53. The van der Waals surface area contributed by atoms with Gasteiger partial charge in [0.05, 0.1) is 5.69 Å². The van der Waals surface area contributed by atoms with E-state index in [0.717, 1.165) is 22.1 Å². The molecule has 0 aliphatic rings. The van der Waals surface area contributed by atoms with E-state index in [2.05, 4.69) is 15.9 Å². The van der Waals surface area contributed by atoms with E-state index in [1.165, 1.54) is 6.07 Å². The maximum absolute atomic E-state index is 13.8. The van der Waals surface area contributed by atoms with Crippen molar-refractivity contribution in [2.24, 2.45) is 5.73 Å². The number of hydrogen-bond acceptors (Lipinski definition) is 2. The van der Waals surface area contributed by atoms with Gasteiger partial charge in [-0.3, -0.25) is 0 Å². The average molecular weight is 323 g/mol. The molecule has 2 aromatic rings. The number of rotatable bonds is 4. The fourth-order valence-electron chi connectivity index (χ4n) is 1.97. The van der Waals surface area contributed by atoms with Gasteiger partial charge in [-0.2, -0.15) is 0 Å². The molecule has 0 unspecified atom stereocenters. The zero-order valence-corrected chi connectivity index (χ0v) is 12.3. The highest BCUT2D eigenvalue weighted by Gasteiger charge is 2.10. The predicted molar refractivity (Wildman–Crippen MR) is 81.4 cm³/mol. The van der Waals surface area contributed by atoms with Crippen LogP contribution in [0.1, 0.15) is 5.56 Å². The second-order valence-electron chi connectivity index (χ2n) is 4.32. The van der Waals surface area contributed by atoms with Crippen LogP contribution in [0.4, 0.5) is 15.8 Å². The number of nitrogens with zero attached hydrogens (tertiary/aromatic N) is 1. The van der Waals surface area contributed by atoms with Gasteiger partial charge in [0.25, 0.3) is 0 Å². The lowest BCUT2D eigenvalue weighted by Gasteiger charge is -2.21. The minimum Gasteiger partial charge on any atom is -0.342 e. The molecule has 2 nitrogen and oxygen atoms in total. The SMILES string of the molecule is CN(c1ccc(CCN)c(Br)c1)c1ccccc1F. The van der Waals surface area contributed by atoms with Crippen molar-refractivity contribution >= 4 is 27.3 Å². The highest BCUT2D eigenvalue weighted by Crippen LogP contribution is 2.29. The van der Waals surface area contributed by atoms with Crippen molar-refractivity contribution in [1.82, 2.24) is 0 Å². The molecule has 2 N–H and O–H groups in total. The number of halogens is 2. The van der Waals surface area contributed by atoms with Gasteiger partial charge in [0.2, 0.25) is 0 Å². The highest BCUT2D eigenvalue weighted by atomic mass is 79.9. The predicted octanol–water partition coefficient (Wildman–Crippen LogP) is 3.86. The first-order valence-electron chi connectivity index (χ1n) is 6.10. The van der Waals surface area contributed by atoms with Crippen molar-refractivity contribution in [3.8, 4) is 0 Å². The van der Waals surface area contributed by atoms with Crippen molar-refractivity contribution in [1.29, 1.82) is 0 Å². The van der Waals surface area contributed by atoms with Gasteiger partial charge in [-0.15, -0.1) is 0 Å². The molecule has 0 aliphatic carbocycles. The Bertz CT molecular complexity index is 572. The molecular formula is C15H16BrFN2. The van der Waals surface area contributed by atoms with Crippen LogP contribution in [-0.2, 0) is 6.42 Å². The molecule has 0 amide bonds. The molecule has 0 saturated carbocycles. The van der Waals surface area contributed by atoms with Crippen molar-refractivity contribution in [3.05, 3.63) is 58.3 Å². The molecule has 2 aromatic carbocycles. The Morgan fingerprint density at radius 3 is 2.58 bits per heavy atom. The normalized spacial score (nSPS) is 10.5. The summed E-state index contributed by atoms with van der Waals surface area (Å²) < 4.78 is 14.8. The van der Waals surface area contributed by atoms with Crippen molar-refractivity contribution in [2.75, 3.05) is 18.5 Å². The third kappa shape index (κ3) is 3.14. The molecule has 0 heterocycles. The summed E-state index contributed by atoms with van der Waals surface area (Å²) in [6.07, 6.45) is 0.824. The highest BCUT2D eigenvalue weighted by molar-refractivity contribution is 9.10. The lowest BCUT2D eigenvalue weighted by Crippen LogP contribution is -2.11. The Morgan fingerprint density at radius 1 is 1.21 bits per heavy atom. The molecule has 2 rings (SSSR count).